The van der Waals surface area contributed by atoms with Crippen molar-refractivity contribution in [2.45, 2.75) is 0 Å². The van der Waals surface area contributed by atoms with E-state index in [1.54, 1.807) is 12.1 Å². The fourth-order valence-electron chi connectivity index (χ4n) is 1.63. The van der Waals surface area contributed by atoms with E-state index >= 15 is 0 Å². The summed E-state index contributed by atoms with van der Waals surface area (Å²) in [6, 6.07) is 8.66. The number of ether oxygens (including phenoxy) is 1. The molecule has 2 aromatic rings. The van der Waals surface area contributed by atoms with Crippen molar-refractivity contribution in [3.05, 3.63) is 63.4 Å². The van der Waals surface area contributed by atoms with Crippen LogP contribution >= 0.6 is 23.2 Å². The summed E-state index contributed by atoms with van der Waals surface area (Å²) in [4.78, 5) is 12.2. The number of hydrogen-bond acceptors (Lipinski definition) is 2. The summed E-state index contributed by atoms with van der Waals surface area (Å²) in [6.07, 6.45) is 0. The number of carbonyl (C=O) groups is 1. The van der Waals surface area contributed by atoms with Crippen LogP contribution in [0, 0.1) is 5.82 Å². The molecule has 0 unspecified atom stereocenters. The molecule has 2 aromatic carbocycles. The van der Waals surface area contributed by atoms with Crippen molar-refractivity contribution in [1.29, 1.82) is 0 Å². The highest BCUT2D eigenvalue weighted by Gasteiger charge is 2.18. The lowest BCUT2D eigenvalue weighted by Crippen LogP contribution is -2.05. The SMILES string of the molecule is COc1ccc(C(=O)c2cccc(Cl)c2Cl)c(F)c1. The van der Waals surface area contributed by atoms with E-state index < -0.39 is 11.6 Å². The number of hydrogen-bond donors (Lipinski definition) is 0. The third kappa shape index (κ3) is 2.72. The van der Waals surface area contributed by atoms with Crippen LogP contribution in [-0.4, -0.2) is 12.9 Å². The van der Waals surface area contributed by atoms with Crippen LogP contribution in [0.1, 0.15) is 15.9 Å². The van der Waals surface area contributed by atoms with Crippen molar-refractivity contribution in [2.75, 3.05) is 7.11 Å². The summed E-state index contributed by atoms with van der Waals surface area (Å²) in [7, 11) is 1.42. The fraction of sp³-hybridized carbons (Fsp3) is 0.0714. The molecule has 0 aliphatic carbocycles. The predicted octanol–water partition coefficient (Wildman–Crippen LogP) is 4.37. The van der Waals surface area contributed by atoms with E-state index in [1.165, 1.54) is 25.3 Å². The lowest BCUT2D eigenvalue weighted by atomic mass is 10.0. The first-order valence-corrected chi connectivity index (χ1v) is 6.12. The predicted molar refractivity (Wildman–Crippen MR) is 72.8 cm³/mol. The van der Waals surface area contributed by atoms with Gasteiger partial charge >= 0.3 is 0 Å². The van der Waals surface area contributed by atoms with Gasteiger partial charge in [0.2, 0.25) is 0 Å². The van der Waals surface area contributed by atoms with Crippen LogP contribution < -0.4 is 4.74 Å². The number of rotatable bonds is 3. The van der Waals surface area contributed by atoms with E-state index in [-0.39, 0.29) is 21.2 Å². The van der Waals surface area contributed by atoms with Crippen LogP contribution in [0.3, 0.4) is 0 Å². The van der Waals surface area contributed by atoms with Crippen molar-refractivity contribution in [1.82, 2.24) is 0 Å². The highest BCUT2D eigenvalue weighted by molar-refractivity contribution is 6.44. The zero-order valence-electron chi connectivity index (χ0n) is 9.91. The van der Waals surface area contributed by atoms with Crippen LogP contribution in [0.2, 0.25) is 10.0 Å². The van der Waals surface area contributed by atoms with E-state index in [1.807, 2.05) is 0 Å². The molecule has 0 N–H and O–H groups in total. The van der Waals surface area contributed by atoms with Crippen LogP contribution in [0.5, 0.6) is 5.75 Å². The van der Waals surface area contributed by atoms with Gasteiger partial charge in [-0.1, -0.05) is 29.3 Å². The molecule has 2 nitrogen and oxygen atoms in total. The zero-order chi connectivity index (χ0) is 14.0. The molecule has 0 aromatic heterocycles. The molecule has 0 spiro atoms. The molecule has 0 heterocycles. The second-order valence-electron chi connectivity index (χ2n) is 3.78. The molecule has 0 saturated heterocycles. The normalized spacial score (nSPS) is 10.3. The fourth-order valence-corrected chi connectivity index (χ4v) is 2.02. The molecule has 0 bridgehead atoms. The molecule has 0 radical (unpaired) electrons. The van der Waals surface area contributed by atoms with Crippen molar-refractivity contribution in [2.24, 2.45) is 0 Å². The van der Waals surface area contributed by atoms with Crippen LogP contribution in [0.25, 0.3) is 0 Å². The first-order chi connectivity index (χ1) is 9.04. The van der Waals surface area contributed by atoms with E-state index in [0.29, 0.717) is 5.75 Å². The maximum absolute atomic E-state index is 13.8. The third-order valence-electron chi connectivity index (χ3n) is 2.62. The average molecular weight is 299 g/mol. The van der Waals surface area contributed by atoms with Crippen molar-refractivity contribution in [3.8, 4) is 5.75 Å². The molecule has 0 fully saturated rings. The average Bonchev–Trinajstić information content (AvgIpc) is 2.41. The molecule has 0 saturated carbocycles. The Balaban J connectivity index is 2.47. The Kier molecular flexibility index (Phi) is 4.08. The van der Waals surface area contributed by atoms with Gasteiger partial charge in [-0.15, -0.1) is 0 Å². The van der Waals surface area contributed by atoms with E-state index in [0.717, 1.165) is 6.07 Å². The number of halogens is 3. The van der Waals surface area contributed by atoms with Gasteiger partial charge in [0.25, 0.3) is 0 Å². The summed E-state index contributed by atoms with van der Waals surface area (Å²) in [5.74, 6) is -0.848. The summed E-state index contributed by atoms with van der Waals surface area (Å²) in [6.45, 7) is 0. The van der Waals surface area contributed by atoms with Crippen LogP contribution in [0.15, 0.2) is 36.4 Å². The van der Waals surface area contributed by atoms with Crippen LogP contribution in [0.4, 0.5) is 4.39 Å². The highest BCUT2D eigenvalue weighted by atomic mass is 35.5. The molecule has 98 valence electrons. The lowest BCUT2D eigenvalue weighted by Gasteiger charge is -2.07. The largest absolute Gasteiger partial charge is 0.497 e. The van der Waals surface area contributed by atoms with Crippen molar-refractivity contribution < 1.29 is 13.9 Å². The van der Waals surface area contributed by atoms with E-state index in [2.05, 4.69) is 0 Å². The summed E-state index contributed by atoms with van der Waals surface area (Å²) in [5, 5.41) is 0.367. The monoisotopic (exact) mass is 298 g/mol. The zero-order valence-corrected chi connectivity index (χ0v) is 11.4. The van der Waals surface area contributed by atoms with Gasteiger partial charge in [-0.05, 0) is 24.3 Å². The molecule has 0 atom stereocenters. The Bertz CT molecular complexity index is 641. The van der Waals surface area contributed by atoms with Gasteiger partial charge in [-0.2, -0.15) is 0 Å². The molecule has 0 amide bonds. The smallest absolute Gasteiger partial charge is 0.197 e. The van der Waals surface area contributed by atoms with E-state index in [4.69, 9.17) is 27.9 Å². The molecule has 2 rings (SSSR count). The summed E-state index contributed by atoms with van der Waals surface area (Å²) in [5.41, 5.74) is 0.0863. The minimum absolute atomic E-state index is 0.0787. The Morgan fingerprint density at radius 2 is 1.89 bits per heavy atom. The standard InChI is InChI=1S/C14H9Cl2FO2/c1-19-8-5-6-9(12(17)7-8)14(18)10-3-2-4-11(15)13(10)16/h2-7H,1H3. The van der Waals surface area contributed by atoms with Crippen molar-refractivity contribution in [3.63, 3.8) is 0 Å². The quantitative estimate of drug-likeness (QED) is 0.787. The Hall–Kier alpha value is -1.58. The van der Waals surface area contributed by atoms with Gasteiger partial charge in [-0.25, -0.2) is 4.39 Å². The number of carbonyl (C=O) groups excluding carboxylic acids is 1. The van der Waals surface area contributed by atoms with Gasteiger partial charge in [-0.3, -0.25) is 4.79 Å². The summed E-state index contributed by atoms with van der Waals surface area (Å²) >= 11 is 11.8. The first kappa shape index (κ1) is 13.8. The molecule has 0 aliphatic rings. The third-order valence-corrected chi connectivity index (χ3v) is 3.44. The maximum atomic E-state index is 13.8. The number of methoxy groups -OCH3 is 1. The van der Waals surface area contributed by atoms with Gasteiger partial charge < -0.3 is 4.74 Å². The van der Waals surface area contributed by atoms with Crippen molar-refractivity contribution >= 4 is 29.0 Å². The summed E-state index contributed by atoms with van der Waals surface area (Å²) < 4.78 is 18.7. The van der Waals surface area contributed by atoms with Gasteiger partial charge in [0.15, 0.2) is 5.78 Å². The molecule has 0 aliphatic heterocycles. The Morgan fingerprint density at radius 1 is 1.16 bits per heavy atom. The minimum Gasteiger partial charge on any atom is -0.497 e. The molecular formula is C14H9Cl2FO2. The van der Waals surface area contributed by atoms with Gasteiger partial charge in [0, 0.05) is 11.6 Å². The maximum Gasteiger partial charge on any atom is 0.197 e. The lowest BCUT2D eigenvalue weighted by molar-refractivity contribution is 0.103. The molecule has 5 heteroatoms. The minimum atomic E-state index is -0.666. The molecule has 19 heavy (non-hydrogen) atoms. The first-order valence-electron chi connectivity index (χ1n) is 5.37. The topological polar surface area (TPSA) is 26.3 Å². The Morgan fingerprint density at radius 3 is 2.53 bits per heavy atom. The highest BCUT2D eigenvalue weighted by Crippen LogP contribution is 2.28. The second kappa shape index (κ2) is 5.59. The van der Waals surface area contributed by atoms with E-state index in [9.17, 15) is 9.18 Å². The Labute approximate surface area is 119 Å². The number of ketones is 1. The van der Waals surface area contributed by atoms with Gasteiger partial charge in [0.05, 0.1) is 22.7 Å². The van der Waals surface area contributed by atoms with Crippen LogP contribution in [-0.2, 0) is 0 Å². The second-order valence-corrected chi connectivity index (χ2v) is 4.56. The van der Waals surface area contributed by atoms with Gasteiger partial charge in [0.1, 0.15) is 11.6 Å². The molecular weight excluding hydrogens is 290 g/mol. The number of benzene rings is 2.